The van der Waals surface area contributed by atoms with Crippen molar-refractivity contribution in [2.75, 3.05) is 36.7 Å². The smallest absolute Gasteiger partial charge is 0.274 e. The second kappa shape index (κ2) is 6.26. The van der Waals surface area contributed by atoms with Gasteiger partial charge in [0.2, 0.25) is 0 Å². The third-order valence-electron chi connectivity index (χ3n) is 3.19. The van der Waals surface area contributed by atoms with Crippen molar-refractivity contribution >= 4 is 23.1 Å². The maximum atomic E-state index is 12.2. The Bertz CT molecular complexity index is 652. The van der Waals surface area contributed by atoms with Crippen LogP contribution < -0.4 is 15.5 Å². The van der Waals surface area contributed by atoms with E-state index >= 15 is 0 Å². The van der Waals surface area contributed by atoms with E-state index in [0.29, 0.717) is 11.5 Å². The lowest BCUT2D eigenvalue weighted by molar-refractivity contribution is 0.102. The minimum absolute atomic E-state index is 0.222. The van der Waals surface area contributed by atoms with Crippen molar-refractivity contribution in [3.8, 4) is 0 Å². The molecule has 0 aliphatic carbocycles. The predicted octanol–water partition coefficient (Wildman–Crippen LogP) is 2.75. The summed E-state index contributed by atoms with van der Waals surface area (Å²) in [5.74, 6) is 0.446. The number of amides is 1. The van der Waals surface area contributed by atoms with Crippen LogP contribution in [0.4, 0.5) is 17.2 Å². The van der Waals surface area contributed by atoms with E-state index < -0.39 is 0 Å². The third-order valence-corrected chi connectivity index (χ3v) is 3.19. The molecule has 0 aliphatic rings. The fourth-order valence-corrected chi connectivity index (χ4v) is 2.06. The number of aryl methyl sites for hydroxylation is 1. The van der Waals surface area contributed by atoms with Gasteiger partial charge in [-0.05, 0) is 36.8 Å². The van der Waals surface area contributed by atoms with Gasteiger partial charge in [-0.3, -0.25) is 4.79 Å². The monoisotopic (exact) mass is 284 g/mol. The normalized spacial score (nSPS) is 10.1. The molecular weight excluding hydrogens is 264 g/mol. The summed E-state index contributed by atoms with van der Waals surface area (Å²) in [5.41, 5.74) is 3.37. The zero-order chi connectivity index (χ0) is 15.4. The number of benzene rings is 1. The SMILES string of the molecule is CNc1cccc(C(=O)Nc2ccc(C)c(N(C)C)c2)n1. The average Bonchev–Trinajstić information content (AvgIpc) is 2.49. The molecule has 1 aromatic carbocycles. The molecule has 1 amide bonds. The molecule has 2 N–H and O–H groups in total. The molecule has 0 fully saturated rings. The molecule has 0 saturated carbocycles. The van der Waals surface area contributed by atoms with Crippen molar-refractivity contribution in [2.45, 2.75) is 6.92 Å². The Kier molecular flexibility index (Phi) is 4.42. The summed E-state index contributed by atoms with van der Waals surface area (Å²) in [5, 5.41) is 5.80. The van der Waals surface area contributed by atoms with Crippen LogP contribution in [0.25, 0.3) is 0 Å². The summed E-state index contributed by atoms with van der Waals surface area (Å²) >= 11 is 0. The van der Waals surface area contributed by atoms with Gasteiger partial charge >= 0.3 is 0 Å². The summed E-state index contributed by atoms with van der Waals surface area (Å²) in [7, 11) is 5.73. The zero-order valence-corrected chi connectivity index (χ0v) is 12.8. The fraction of sp³-hybridized carbons (Fsp3) is 0.250. The molecule has 1 aromatic heterocycles. The van der Waals surface area contributed by atoms with E-state index in [1.165, 1.54) is 0 Å². The van der Waals surface area contributed by atoms with Crippen molar-refractivity contribution in [3.63, 3.8) is 0 Å². The van der Waals surface area contributed by atoms with Gasteiger partial charge in [-0.15, -0.1) is 0 Å². The van der Waals surface area contributed by atoms with Crippen LogP contribution in [0, 0.1) is 6.92 Å². The number of nitrogens with zero attached hydrogens (tertiary/aromatic N) is 2. The number of carbonyl (C=O) groups excluding carboxylic acids is 1. The van der Waals surface area contributed by atoms with E-state index in [9.17, 15) is 4.79 Å². The number of carbonyl (C=O) groups is 1. The molecule has 0 saturated heterocycles. The Hall–Kier alpha value is -2.56. The van der Waals surface area contributed by atoms with Gasteiger partial charge in [0.1, 0.15) is 11.5 Å². The highest BCUT2D eigenvalue weighted by atomic mass is 16.1. The van der Waals surface area contributed by atoms with Gasteiger partial charge in [0.05, 0.1) is 0 Å². The average molecular weight is 284 g/mol. The van der Waals surface area contributed by atoms with E-state index in [4.69, 9.17) is 0 Å². The summed E-state index contributed by atoms with van der Waals surface area (Å²) in [6.45, 7) is 2.04. The lowest BCUT2D eigenvalue weighted by atomic mass is 10.1. The molecule has 0 bridgehead atoms. The van der Waals surface area contributed by atoms with Gasteiger partial charge in [-0.25, -0.2) is 4.98 Å². The van der Waals surface area contributed by atoms with Crippen LogP contribution >= 0.6 is 0 Å². The van der Waals surface area contributed by atoms with Crippen LogP contribution in [0.5, 0.6) is 0 Å². The molecule has 2 rings (SSSR count). The predicted molar refractivity (Wildman–Crippen MR) is 87.2 cm³/mol. The topological polar surface area (TPSA) is 57.3 Å². The fourth-order valence-electron chi connectivity index (χ4n) is 2.06. The first-order valence-electron chi connectivity index (χ1n) is 6.75. The molecule has 1 heterocycles. The summed E-state index contributed by atoms with van der Waals surface area (Å²) in [4.78, 5) is 18.5. The number of hydrogen-bond donors (Lipinski definition) is 2. The molecule has 0 aliphatic heterocycles. The van der Waals surface area contributed by atoms with Gasteiger partial charge in [-0.1, -0.05) is 12.1 Å². The largest absolute Gasteiger partial charge is 0.377 e. The highest BCUT2D eigenvalue weighted by Gasteiger charge is 2.10. The zero-order valence-electron chi connectivity index (χ0n) is 12.8. The Morgan fingerprint density at radius 2 is 1.95 bits per heavy atom. The van der Waals surface area contributed by atoms with E-state index in [1.807, 2.05) is 50.2 Å². The number of aromatic nitrogens is 1. The molecule has 0 radical (unpaired) electrons. The van der Waals surface area contributed by atoms with E-state index in [2.05, 4.69) is 15.6 Å². The molecule has 110 valence electrons. The Morgan fingerprint density at radius 1 is 1.19 bits per heavy atom. The maximum Gasteiger partial charge on any atom is 0.274 e. The minimum Gasteiger partial charge on any atom is -0.377 e. The highest BCUT2D eigenvalue weighted by molar-refractivity contribution is 6.03. The van der Waals surface area contributed by atoms with E-state index in [1.54, 1.807) is 19.2 Å². The first-order chi connectivity index (χ1) is 10.0. The quantitative estimate of drug-likeness (QED) is 0.906. The number of rotatable bonds is 4. The molecule has 21 heavy (non-hydrogen) atoms. The van der Waals surface area contributed by atoms with Gasteiger partial charge in [-0.2, -0.15) is 0 Å². The number of anilines is 3. The minimum atomic E-state index is -0.222. The maximum absolute atomic E-state index is 12.2. The molecule has 0 unspecified atom stereocenters. The van der Waals surface area contributed by atoms with E-state index in [0.717, 1.165) is 16.9 Å². The van der Waals surface area contributed by atoms with Crippen molar-refractivity contribution < 1.29 is 4.79 Å². The second-order valence-corrected chi connectivity index (χ2v) is 5.01. The molecule has 0 spiro atoms. The van der Waals surface area contributed by atoms with Gasteiger partial charge < -0.3 is 15.5 Å². The molecule has 0 atom stereocenters. The Labute approximate surface area is 125 Å². The Balaban J connectivity index is 2.21. The molecule has 5 nitrogen and oxygen atoms in total. The summed E-state index contributed by atoms with van der Waals surface area (Å²) in [6, 6.07) is 11.1. The first-order valence-corrected chi connectivity index (χ1v) is 6.75. The van der Waals surface area contributed by atoms with Crippen LogP contribution in [0.1, 0.15) is 16.1 Å². The summed E-state index contributed by atoms with van der Waals surface area (Å²) < 4.78 is 0. The van der Waals surface area contributed by atoms with Crippen LogP contribution in [0.3, 0.4) is 0 Å². The molecule has 5 heteroatoms. The second-order valence-electron chi connectivity index (χ2n) is 5.01. The van der Waals surface area contributed by atoms with Crippen molar-refractivity contribution in [1.82, 2.24) is 4.98 Å². The van der Waals surface area contributed by atoms with Gasteiger partial charge in [0.15, 0.2) is 0 Å². The van der Waals surface area contributed by atoms with Crippen LogP contribution in [-0.2, 0) is 0 Å². The number of nitrogens with one attached hydrogen (secondary N) is 2. The number of pyridine rings is 1. The summed E-state index contributed by atoms with van der Waals surface area (Å²) in [6.07, 6.45) is 0. The standard InChI is InChI=1S/C16H20N4O/c1-11-8-9-12(10-14(11)20(3)4)18-16(21)13-6-5-7-15(17-2)19-13/h5-10H,1-4H3,(H,17,19)(H,18,21). The van der Waals surface area contributed by atoms with Crippen LogP contribution in [0.15, 0.2) is 36.4 Å². The molecule has 2 aromatic rings. The highest BCUT2D eigenvalue weighted by Crippen LogP contribution is 2.22. The van der Waals surface area contributed by atoms with Crippen molar-refractivity contribution in [3.05, 3.63) is 47.7 Å². The van der Waals surface area contributed by atoms with E-state index in [-0.39, 0.29) is 5.91 Å². The van der Waals surface area contributed by atoms with Gasteiger partial charge in [0.25, 0.3) is 5.91 Å². The Morgan fingerprint density at radius 3 is 2.62 bits per heavy atom. The first kappa shape index (κ1) is 14.8. The van der Waals surface area contributed by atoms with Crippen molar-refractivity contribution in [1.29, 1.82) is 0 Å². The van der Waals surface area contributed by atoms with Crippen LogP contribution in [0.2, 0.25) is 0 Å². The van der Waals surface area contributed by atoms with Crippen LogP contribution in [-0.4, -0.2) is 32.0 Å². The van der Waals surface area contributed by atoms with Gasteiger partial charge in [0, 0.05) is 32.5 Å². The lowest BCUT2D eigenvalue weighted by Crippen LogP contribution is -2.15. The number of hydrogen-bond acceptors (Lipinski definition) is 4. The third kappa shape index (κ3) is 3.51. The van der Waals surface area contributed by atoms with Crippen molar-refractivity contribution in [2.24, 2.45) is 0 Å². The molecular formula is C16H20N4O. The lowest BCUT2D eigenvalue weighted by Gasteiger charge is -2.17.